The number of hydrogen-bond donors (Lipinski definition) is 1. The SMILES string of the molecule is NCCCOn1ccc2ccccc21. The molecule has 0 unspecified atom stereocenters. The number of rotatable bonds is 4. The van der Waals surface area contributed by atoms with Crippen LogP contribution < -0.4 is 10.6 Å². The molecule has 14 heavy (non-hydrogen) atoms. The van der Waals surface area contributed by atoms with Crippen molar-refractivity contribution < 1.29 is 4.84 Å². The molecule has 74 valence electrons. The Hall–Kier alpha value is -1.48. The van der Waals surface area contributed by atoms with Gasteiger partial charge in [-0.15, -0.1) is 0 Å². The number of nitrogens with two attached hydrogens (primary N) is 1. The summed E-state index contributed by atoms with van der Waals surface area (Å²) < 4.78 is 1.80. The van der Waals surface area contributed by atoms with Crippen LogP contribution in [0.1, 0.15) is 6.42 Å². The van der Waals surface area contributed by atoms with Gasteiger partial charge in [-0.05, 0) is 25.1 Å². The molecule has 0 saturated carbocycles. The van der Waals surface area contributed by atoms with Crippen molar-refractivity contribution in [2.45, 2.75) is 6.42 Å². The van der Waals surface area contributed by atoms with E-state index in [4.69, 9.17) is 10.6 Å². The molecule has 1 aromatic heterocycles. The fourth-order valence-corrected chi connectivity index (χ4v) is 1.42. The van der Waals surface area contributed by atoms with Crippen molar-refractivity contribution in [3.63, 3.8) is 0 Å². The molecular weight excluding hydrogens is 176 g/mol. The molecule has 0 saturated heterocycles. The van der Waals surface area contributed by atoms with Gasteiger partial charge in [0.1, 0.15) is 6.61 Å². The summed E-state index contributed by atoms with van der Waals surface area (Å²) in [5.74, 6) is 0. The number of benzene rings is 1. The molecule has 0 aliphatic carbocycles. The van der Waals surface area contributed by atoms with Crippen LogP contribution in [-0.2, 0) is 0 Å². The Morgan fingerprint density at radius 3 is 2.93 bits per heavy atom. The standard InChI is InChI=1S/C11H14N2O/c12-7-3-9-14-13-8-6-10-4-1-2-5-11(10)13/h1-2,4-6,8H,3,7,9,12H2. The van der Waals surface area contributed by atoms with Crippen LogP contribution in [0.4, 0.5) is 0 Å². The molecule has 0 amide bonds. The van der Waals surface area contributed by atoms with Crippen LogP contribution in [-0.4, -0.2) is 17.9 Å². The molecule has 0 aliphatic heterocycles. The zero-order valence-corrected chi connectivity index (χ0v) is 8.02. The topological polar surface area (TPSA) is 40.2 Å². The Bertz CT molecular complexity index is 408. The lowest BCUT2D eigenvalue weighted by atomic mass is 10.3. The monoisotopic (exact) mass is 190 g/mol. The first-order chi connectivity index (χ1) is 6.92. The minimum Gasteiger partial charge on any atom is -0.414 e. The molecule has 3 nitrogen and oxygen atoms in total. The molecule has 0 spiro atoms. The molecule has 1 aromatic carbocycles. The lowest BCUT2D eigenvalue weighted by Gasteiger charge is -2.06. The van der Waals surface area contributed by atoms with E-state index in [0.717, 1.165) is 11.9 Å². The quantitative estimate of drug-likeness (QED) is 0.741. The van der Waals surface area contributed by atoms with E-state index in [-0.39, 0.29) is 0 Å². The minimum absolute atomic E-state index is 0.662. The maximum absolute atomic E-state index is 5.54. The average molecular weight is 190 g/mol. The highest BCUT2D eigenvalue weighted by atomic mass is 16.7. The van der Waals surface area contributed by atoms with Crippen LogP contribution in [0, 0.1) is 0 Å². The molecule has 0 atom stereocenters. The summed E-state index contributed by atoms with van der Waals surface area (Å²) in [4.78, 5) is 5.54. The van der Waals surface area contributed by atoms with Crippen LogP contribution in [0.15, 0.2) is 36.5 Å². The van der Waals surface area contributed by atoms with Crippen molar-refractivity contribution in [1.29, 1.82) is 0 Å². The van der Waals surface area contributed by atoms with Gasteiger partial charge < -0.3 is 10.6 Å². The van der Waals surface area contributed by atoms with Gasteiger partial charge in [-0.3, -0.25) is 0 Å². The van der Waals surface area contributed by atoms with Gasteiger partial charge >= 0.3 is 0 Å². The Balaban J connectivity index is 2.17. The van der Waals surface area contributed by atoms with Gasteiger partial charge in [0.15, 0.2) is 0 Å². The van der Waals surface area contributed by atoms with E-state index < -0.39 is 0 Å². The molecular formula is C11H14N2O. The third kappa shape index (κ3) is 1.72. The van der Waals surface area contributed by atoms with Crippen molar-refractivity contribution in [2.75, 3.05) is 13.2 Å². The van der Waals surface area contributed by atoms with E-state index in [1.54, 1.807) is 4.73 Å². The van der Waals surface area contributed by atoms with Gasteiger partial charge in [-0.25, -0.2) is 0 Å². The first kappa shape index (κ1) is 9.09. The highest BCUT2D eigenvalue weighted by molar-refractivity contribution is 5.79. The molecule has 0 aliphatic rings. The largest absolute Gasteiger partial charge is 0.414 e. The summed E-state index contributed by atoms with van der Waals surface area (Å²) in [6.45, 7) is 1.33. The number of nitrogens with zero attached hydrogens (tertiary/aromatic N) is 1. The van der Waals surface area contributed by atoms with E-state index in [1.165, 1.54) is 5.39 Å². The number of para-hydroxylation sites is 1. The summed E-state index contributed by atoms with van der Waals surface area (Å²) in [5.41, 5.74) is 6.49. The molecule has 0 fully saturated rings. The maximum atomic E-state index is 5.54. The van der Waals surface area contributed by atoms with Gasteiger partial charge in [0.25, 0.3) is 0 Å². The molecule has 1 heterocycles. The first-order valence-electron chi connectivity index (χ1n) is 4.81. The van der Waals surface area contributed by atoms with Gasteiger partial charge in [-0.2, -0.15) is 4.73 Å². The summed E-state index contributed by atoms with van der Waals surface area (Å²) >= 11 is 0. The molecule has 0 radical (unpaired) electrons. The highest BCUT2D eigenvalue weighted by Gasteiger charge is 1.98. The van der Waals surface area contributed by atoms with Crippen molar-refractivity contribution in [2.24, 2.45) is 5.73 Å². The summed E-state index contributed by atoms with van der Waals surface area (Å²) in [5, 5.41) is 1.19. The van der Waals surface area contributed by atoms with Gasteiger partial charge in [0.2, 0.25) is 0 Å². The fourth-order valence-electron chi connectivity index (χ4n) is 1.42. The molecule has 2 N–H and O–H groups in total. The van der Waals surface area contributed by atoms with Crippen LogP contribution >= 0.6 is 0 Å². The predicted molar refractivity (Wildman–Crippen MR) is 57.1 cm³/mol. The van der Waals surface area contributed by atoms with Gasteiger partial charge in [0.05, 0.1) is 5.52 Å². The Morgan fingerprint density at radius 1 is 1.21 bits per heavy atom. The van der Waals surface area contributed by atoms with E-state index in [1.807, 2.05) is 30.5 Å². The normalized spacial score (nSPS) is 10.6. The summed E-state index contributed by atoms with van der Waals surface area (Å²) in [6.07, 6.45) is 2.81. The second-order valence-corrected chi connectivity index (χ2v) is 3.18. The average Bonchev–Trinajstić information content (AvgIpc) is 2.63. The van der Waals surface area contributed by atoms with E-state index in [0.29, 0.717) is 13.2 Å². The van der Waals surface area contributed by atoms with Crippen molar-refractivity contribution in [3.05, 3.63) is 36.5 Å². The lowest BCUT2D eigenvalue weighted by Crippen LogP contribution is -2.14. The highest BCUT2D eigenvalue weighted by Crippen LogP contribution is 2.13. The second-order valence-electron chi connectivity index (χ2n) is 3.18. The zero-order valence-electron chi connectivity index (χ0n) is 8.02. The predicted octanol–water partition coefficient (Wildman–Crippen LogP) is 1.42. The molecule has 3 heteroatoms. The van der Waals surface area contributed by atoms with Crippen LogP contribution in [0.3, 0.4) is 0 Å². The minimum atomic E-state index is 0.662. The van der Waals surface area contributed by atoms with Crippen molar-refractivity contribution in [1.82, 2.24) is 4.73 Å². The van der Waals surface area contributed by atoms with Crippen LogP contribution in [0.5, 0.6) is 0 Å². The number of fused-ring (bicyclic) bond motifs is 1. The summed E-state index contributed by atoms with van der Waals surface area (Å²) in [6, 6.07) is 10.2. The molecule has 0 bridgehead atoms. The number of aromatic nitrogens is 1. The lowest BCUT2D eigenvalue weighted by molar-refractivity contribution is 0.119. The van der Waals surface area contributed by atoms with Gasteiger partial charge in [0, 0.05) is 11.6 Å². The van der Waals surface area contributed by atoms with E-state index >= 15 is 0 Å². The Labute approximate surface area is 83.0 Å². The first-order valence-corrected chi connectivity index (χ1v) is 4.81. The smallest absolute Gasteiger partial charge is 0.116 e. The van der Waals surface area contributed by atoms with Crippen molar-refractivity contribution in [3.8, 4) is 0 Å². The molecule has 2 aromatic rings. The van der Waals surface area contributed by atoms with Crippen molar-refractivity contribution >= 4 is 10.9 Å². The second kappa shape index (κ2) is 4.15. The molecule has 2 rings (SSSR count). The fraction of sp³-hybridized carbons (Fsp3) is 0.273. The van der Waals surface area contributed by atoms with E-state index in [2.05, 4.69) is 6.07 Å². The Morgan fingerprint density at radius 2 is 2.07 bits per heavy atom. The zero-order chi connectivity index (χ0) is 9.80. The Kier molecular flexibility index (Phi) is 2.70. The van der Waals surface area contributed by atoms with Gasteiger partial charge in [-0.1, -0.05) is 18.2 Å². The van der Waals surface area contributed by atoms with E-state index in [9.17, 15) is 0 Å². The van der Waals surface area contributed by atoms with Crippen LogP contribution in [0.2, 0.25) is 0 Å². The third-order valence-electron chi connectivity index (χ3n) is 2.14. The summed E-state index contributed by atoms with van der Waals surface area (Å²) in [7, 11) is 0. The van der Waals surface area contributed by atoms with Crippen LogP contribution in [0.25, 0.3) is 10.9 Å². The number of hydrogen-bond acceptors (Lipinski definition) is 2. The maximum Gasteiger partial charge on any atom is 0.116 e. The third-order valence-corrected chi connectivity index (χ3v) is 2.14.